The Kier molecular flexibility index (Phi) is 7.18. The van der Waals surface area contributed by atoms with Gasteiger partial charge < -0.3 is 19.5 Å². The zero-order chi connectivity index (χ0) is 33.8. The van der Waals surface area contributed by atoms with E-state index < -0.39 is 23.5 Å². The smallest absolute Gasteiger partial charge is 0.266 e. The molecule has 1 N–H and O–H groups in total. The molecule has 49 heavy (non-hydrogen) atoms. The highest BCUT2D eigenvalue weighted by molar-refractivity contribution is 7.20. The molecule has 0 bridgehead atoms. The van der Waals surface area contributed by atoms with Crippen LogP contribution in [-0.4, -0.2) is 34.1 Å². The van der Waals surface area contributed by atoms with Crippen LogP contribution in [0.2, 0.25) is 0 Å². The summed E-state index contributed by atoms with van der Waals surface area (Å²) in [5.74, 6) is 0.0396. The lowest BCUT2D eigenvalue weighted by molar-refractivity contribution is 0.0924. The molecule has 0 radical (unpaired) electrons. The van der Waals surface area contributed by atoms with E-state index in [4.69, 9.17) is 14.2 Å². The Labute approximate surface area is 280 Å². The number of anilines is 2. The Morgan fingerprint density at radius 1 is 0.918 bits per heavy atom. The number of nitrogens with one attached hydrogen (secondary N) is 1. The molecule has 0 saturated heterocycles. The standard InChI is InChI=1S/C36H23FN4O7S/c1-19-30-33(38-17-40(36(30)45)16-20-3-2-4-21(37)13-20)49-31(19)32(42)39-22-5-8-24(9-6-22)48-25-10-11-26-27(15-25)35(44)41(34(26)43)23-7-12-28-29(14-23)47-18-46-28/h2-15,17H,16,18H2,1H3,(H,39,42). The van der Waals surface area contributed by atoms with Gasteiger partial charge in [-0.1, -0.05) is 12.1 Å². The topological polar surface area (TPSA) is 129 Å². The molecule has 8 rings (SSSR count). The normalized spacial score (nSPS) is 13.2. The number of fused-ring (bicyclic) bond motifs is 3. The first-order valence-corrected chi connectivity index (χ1v) is 15.8. The number of amides is 3. The third-order valence-electron chi connectivity index (χ3n) is 8.19. The molecule has 4 aromatic carbocycles. The summed E-state index contributed by atoms with van der Waals surface area (Å²) in [6.07, 6.45) is 1.40. The average molecular weight is 675 g/mol. The summed E-state index contributed by atoms with van der Waals surface area (Å²) in [7, 11) is 0. The number of ether oxygens (including phenoxy) is 3. The number of halogens is 1. The Morgan fingerprint density at radius 3 is 2.51 bits per heavy atom. The van der Waals surface area contributed by atoms with Gasteiger partial charge in [0.25, 0.3) is 23.3 Å². The van der Waals surface area contributed by atoms with Crippen LogP contribution >= 0.6 is 11.3 Å². The van der Waals surface area contributed by atoms with Gasteiger partial charge in [0.2, 0.25) is 6.79 Å². The highest BCUT2D eigenvalue weighted by Crippen LogP contribution is 2.39. The van der Waals surface area contributed by atoms with E-state index in [0.717, 1.165) is 16.2 Å². The van der Waals surface area contributed by atoms with E-state index in [-0.39, 0.29) is 30.0 Å². The molecular weight excluding hydrogens is 651 g/mol. The number of hydrogen-bond acceptors (Lipinski definition) is 9. The van der Waals surface area contributed by atoms with Crippen molar-refractivity contribution >= 4 is 50.6 Å². The first-order valence-electron chi connectivity index (χ1n) is 15.0. The molecule has 0 aliphatic carbocycles. The van der Waals surface area contributed by atoms with Crippen LogP contribution < -0.4 is 30.0 Å². The van der Waals surface area contributed by atoms with Gasteiger partial charge in [0, 0.05) is 11.8 Å². The molecule has 13 heteroatoms. The minimum absolute atomic E-state index is 0.0724. The molecule has 6 aromatic rings. The average Bonchev–Trinajstić information content (AvgIpc) is 3.77. The van der Waals surface area contributed by atoms with Crippen LogP contribution in [0.4, 0.5) is 15.8 Å². The van der Waals surface area contributed by atoms with Crippen molar-refractivity contribution in [3.8, 4) is 23.0 Å². The van der Waals surface area contributed by atoms with Crippen molar-refractivity contribution < 1.29 is 33.0 Å². The van der Waals surface area contributed by atoms with Gasteiger partial charge in [-0.05, 0) is 84.8 Å². The zero-order valence-corrected chi connectivity index (χ0v) is 26.4. The van der Waals surface area contributed by atoms with Crippen molar-refractivity contribution in [1.29, 1.82) is 0 Å². The number of carbonyl (C=O) groups excluding carboxylic acids is 3. The third kappa shape index (κ3) is 5.35. The van der Waals surface area contributed by atoms with Crippen molar-refractivity contribution in [2.45, 2.75) is 13.5 Å². The monoisotopic (exact) mass is 674 g/mol. The highest BCUT2D eigenvalue weighted by Gasteiger charge is 2.37. The second-order valence-electron chi connectivity index (χ2n) is 11.3. The summed E-state index contributed by atoms with van der Waals surface area (Å²) in [4.78, 5) is 59.2. The summed E-state index contributed by atoms with van der Waals surface area (Å²) in [5, 5.41) is 3.18. The summed E-state index contributed by atoms with van der Waals surface area (Å²) in [6.45, 7) is 1.91. The molecule has 2 aliphatic rings. The van der Waals surface area contributed by atoms with Crippen molar-refractivity contribution in [2.24, 2.45) is 0 Å². The molecule has 2 aromatic heterocycles. The number of nitrogens with zero attached hydrogens (tertiary/aromatic N) is 3. The predicted octanol–water partition coefficient (Wildman–Crippen LogP) is 6.53. The van der Waals surface area contributed by atoms with E-state index in [1.54, 1.807) is 73.7 Å². The maximum absolute atomic E-state index is 13.7. The van der Waals surface area contributed by atoms with Crippen LogP contribution in [0.25, 0.3) is 10.2 Å². The Balaban J connectivity index is 0.959. The highest BCUT2D eigenvalue weighted by atomic mass is 32.1. The maximum atomic E-state index is 13.7. The fraction of sp³-hybridized carbons (Fsp3) is 0.0833. The molecule has 3 amide bonds. The fourth-order valence-electron chi connectivity index (χ4n) is 5.79. The van der Waals surface area contributed by atoms with Gasteiger partial charge in [-0.25, -0.2) is 14.3 Å². The van der Waals surface area contributed by atoms with Gasteiger partial charge in [0.05, 0.1) is 39.9 Å². The van der Waals surface area contributed by atoms with Crippen LogP contribution in [0, 0.1) is 12.7 Å². The second-order valence-corrected chi connectivity index (χ2v) is 12.3. The Hall–Kier alpha value is -6.34. The van der Waals surface area contributed by atoms with Gasteiger partial charge in [-0.15, -0.1) is 11.3 Å². The number of rotatable bonds is 7. The first-order chi connectivity index (χ1) is 23.7. The maximum Gasteiger partial charge on any atom is 0.266 e. The molecule has 0 atom stereocenters. The molecule has 0 saturated carbocycles. The Morgan fingerprint density at radius 2 is 1.69 bits per heavy atom. The van der Waals surface area contributed by atoms with E-state index in [2.05, 4.69) is 10.3 Å². The quantitative estimate of drug-likeness (QED) is 0.189. The van der Waals surface area contributed by atoms with Crippen LogP contribution in [0.5, 0.6) is 23.0 Å². The lowest BCUT2D eigenvalue weighted by Crippen LogP contribution is -2.29. The van der Waals surface area contributed by atoms with E-state index in [1.807, 2.05) is 0 Å². The third-order valence-corrected chi connectivity index (χ3v) is 9.38. The molecule has 11 nitrogen and oxygen atoms in total. The van der Waals surface area contributed by atoms with E-state index in [9.17, 15) is 23.6 Å². The summed E-state index contributed by atoms with van der Waals surface area (Å²) in [5.41, 5.74) is 2.12. The molecule has 2 aliphatic heterocycles. The number of aryl methyl sites for hydroxylation is 1. The van der Waals surface area contributed by atoms with Crippen LogP contribution in [-0.2, 0) is 6.54 Å². The van der Waals surface area contributed by atoms with E-state index in [1.165, 1.54) is 29.1 Å². The number of aromatic nitrogens is 2. The molecule has 0 fully saturated rings. The summed E-state index contributed by atoms with van der Waals surface area (Å²) >= 11 is 1.11. The summed E-state index contributed by atoms with van der Waals surface area (Å²) < 4.78 is 31.7. The number of imide groups is 1. The molecule has 4 heterocycles. The predicted molar refractivity (Wildman–Crippen MR) is 179 cm³/mol. The van der Waals surface area contributed by atoms with Gasteiger partial charge in [0.15, 0.2) is 11.5 Å². The van der Waals surface area contributed by atoms with Gasteiger partial charge in [-0.2, -0.15) is 0 Å². The number of benzene rings is 4. The van der Waals surface area contributed by atoms with E-state index >= 15 is 0 Å². The zero-order valence-electron chi connectivity index (χ0n) is 25.6. The van der Waals surface area contributed by atoms with Gasteiger partial charge in [0.1, 0.15) is 22.1 Å². The number of thiophene rings is 1. The molecule has 0 unspecified atom stereocenters. The lowest BCUT2D eigenvalue weighted by Gasteiger charge is -2.14. The minimum Gasteiger partial charge on any atom is -0.457 e. The largest absolute Gasteiger partial charge is 0.457 e. The molecule has 242 valence electrons. The van der Waals surface area contributed by atoms with Gasteiger partial charge in [-0.3, -0.25) is 23.7 Å². The van der Waals surface area contributed by atoms with Gasteiger partial charge >= 0.3 is 0 Å². The summed E-state index contributed by atoms with van der Waals surface area (Å²) in [6, 6.07) is 22.1. The lowest BCUT2D eigenvalue weighted by atomic mass is 10.1. The second kappa shape index (κ2) is 11.7. The SMILES string of the molecule is Cc1c(C(=O)Nc2ccc(Oc3ccc4c(c3)C(=O)N(c3ccc5c(c3)OCO5)C4=O)cc2)sc2ncn(Cc3cccc(F)c3)c(=O)c12. The van der Waals surface area contributed by atoms with Crippen molar-refractivity contribution in [3.63, 3.8) is 0 Å². The van der Waals surface area contributed by atoms with Crippen LogP contribution in [0.15, 0.2) is 96.1 Å². The van der Waals surface area contributed by atoms with Crippen LogP contribution in [0.3, 0.4) is 0 Å². The van der Waals surface area contributed by atoms with Crippen molar-refractivity contribution in [2.75, 3.05) is 17.0 Å². The Bertz CT molecular complexity index is 2420. The van der Waals surface area contributed by atoms with Crippen molar-refractivity contribution in [3.05, 3.63) is 135 Å². The van der Waals surface area contributed by atoms with E-state index in [0.29, 0.717) is 60.6 Å². The molecule has 0 spiro atoms. The minimum atomic E-state index is -0.486. The fourth-order valence-corrected chi connectivity index (χ4v) is 6.83. The van der Waals surface area contributed by atoms with Crippen LogP contribution in [0.1, 0.15) is 41.5 Å². The first kappa shape index (κ1) is 30.0. The molecular formula is C36H23FN4O7S. The number of hydrogen-bond donors (Lipinski definition) is 1. The van der Waals surface area contributed by atoms with Crippen molar-refractivity contribution in [1.82, 2.24) is 9.55 Å². The number of carbonyl (C=O) groups is 3.